The molecule has 8 nitrogen and oxygen atoms in total. The number of carbonyl (C=O) groups excluding carboxylic acids is 2. The molecule has 1 aromatic carbocycles. The first-order valence-electron chi connectivity index (χ1n) is 7.89. The Morgan fingerprint density at radius 2 is 2.08 bits per heavy atom. The van der Waals surface area contributed by atoms with Crippen LogP contribution in [0, 0.1) is 0 Å². The number of ether oxygens (including phenoxy) is 1. The van der Waals surface area contributed by atoms with Gasteiger partial charge < -0.3 is 14.5 Å². The highest BCUT2D eigenvalue weighted by Crippen LogP contribution is 2.27. The van der Waals surface area contributed by atoms with Crippen LogP contribution in [0.4, 0.5) is 5.69 Å². The van der Waals surface area contributed by atoms with Gasteiger partial charge in [-0.15, -0.1) is 0 Å². The van der Waals surface area contributed by atoms with Crippen LogP contribution in [0.1, 0.15) is 12.0 Å². The molecule has 1 N–H and O–H groups in total. The maximum Gasteiger partial charge on any atom is 0.263 e. The van der Waals surface area contributed by atoms with E-state index in [9.17, 15) is 9.59 Å². The molecule has 24 heavy (non-hydrogen) atoms. The van der Waals surface area contributed by atoms with Crippen molar-refractivity contribution >= 4 is 29.7 Å². The van der Waals surface area contributed by atoms with Crippen molar-refractivity contribution in [2.45, 2.75) is 12.5 Å². The van der Waals surface area contributed by atoms with Gasteiger partial charge in [-0.3, -0.25) is 9.59 Å². The Morgan fingerprint density at radius 1 is 1.29 bits per heavy atom. The van der Waals surface area contributed by atoms with E-state index in [1.807, 2.05) is 24.3 Å². The van der Waals surface area contributed by atoms with Crippen LogP contribution in [-0.4, -0.2) is 66.1 Å². The molecule has 0 aliphatic carbocycles. The van der Waals surface area contributed by atoms with Crippen molar-refractivity contribution in [3.05, 3.63) is 29.8 Å². The molecule has 8 heteroatoms. The Bertz CT molecular complexity index is 739. The summed E-state index contributed by atoms with van der Waals surface area (Å²) in [6.45, 7) is 2.19. The highest BCUT2D eigenvalue weighted by molar-refractivity contribution is 6.14. The Kier molecular flexibility index (Phi) is 3.73. The Hall–Kier alpha value is -2.74. The SMILES string of the molecule is O=C1NN=C2c3ccccc3N=CN2[C@@H]1CC(=O)N1CCOCC1. The van der Waals surface area contributed by atoms with E-state index in [1.165, 1.54) is 0 Å². The molecule has 0 spiro atoms. The molecule has 124 valence electrons. The minimum absolute atomic E-state index is 0.0630. The Balaban J connectivity index is 1.57. The number of benzene rings is 1. The van der Waals surface area contributed by atoms with Gasteiger partial charge in [0.2, 0.25) is 5.91 Å². The molecule has 0 radical (unpaired) electrons. The third-order valence-electron chi connectivity index (χ3n) is 4.35. The van der Waals surface area contributed by atoms with Gasteiger partial charge in [0.25, 0.3) is 5.91 Å². The van der Waals surface area contributed by atoms with Crippen LogP contribution < -0.4 is 5.43 Å². The normalized spacial score (nSPS) is 22.4. The number of aliphatic imine (C=N–C) groups is 1. The molecule has 0 saturated carbocycles. The second-order valence-corrected chi connectivity index (χ2v) is 5.79. The van der Waals surface area contributed by atoms with Crippen LogP contribution in [0.5, 0.6) is 0 Å². The van der Waals surface area contributed by atoms with Crippen molar-refractivity contribution in [1.82, 2.24) is 15.2 Å². The van der Waals surface area contributed by atoms with Crippen molar-refractivity contribution in [1.29, 1.82) is 0 Å². The quantitative estimate of drug-likeness (QED) is 0.833. The van der Waals surface area contributed by atoms with E-state index in [4.69, 9.17) is 4.74 Å². The van der Waals surface area contributed by atoms with Gasteiger partial charge in [-0.1, -0.05) is 12.1 Å². The summed E-state index contributed by atoms with van der Waals surface area (Å²) in [6, 6.07) is 6.93. The minimum atomic E-state index is -0.648. The van der Waals surface area contributed by atoms with E-state index in [1.54, 1.807) is 16.1 Å². The predicted octanol–water partition coefficient (Wildman–Crippen LogP) is 0.0709. The zero-order valence-electron chi connectivity index (χ0n) is 13.0. The second-order valence-electron chi connectivity index (χ2n) is 5.79. The summed E-state index contributed by atoms with van der Waals surface area (Å²) in [7, 11) is 0. The molecular formula is C16H17N5O3. The largest absolute Gasteiger partial charge is 0.378 e. The first-order chi connectivity index (χ1) is 11.7. The van der Waals surface area contributed by atoms with Gasteiger partial charge in [0.1, 0.15) is 6.04 Å². The fourth-order valence-electron chi connectivity index (χ4n) is 3.05. The van der Waals surface area contributed by atoms with E-state index in [0.717, 1.165) is 11.3 Å². The topological polar surface area (TPSA) is 86.6 Å². The van der Waals surface area contributed by atoms with Crippen molar-refractivity contribution in [3.63, 3.8) is 0 Å². The molecule has 0 unspecified atom stereocenters. The first-order valence-corrected chi connectivity index (χ1v) is 7.89. The monoisotopic (exact) mass is 327 g/mol. The number of rotatable bonds is 2. The number of hydrazone groups is 1. The zero-order valence-corrected chi connectivity index (χ0v) is 13.0. The van der Waals surface area contributed by atoms with Gasteiger partial charge in [0.05, 0.1) is 31.7 Å². The number of para-hydroxylation sites is 1. The van der Waals surface area contributed by atoms with Crippen molar-refractivity contribution in [2.75, 3.05) is 26.3 Å². The predicted molar refractivity (Wildman–Crippen MR) is 86.9 cm³/mol. The molecule has 0 aromatic heterocycles. The molecule has 4 rings (SSSR count). The molecule has 1 aromatic rings. The number of amides is 2. The van der Waals surface area contributed by atoms with Crippen LogP contribution in [0.25, 0.3) is 0 Å². The maximum atomic E-state index is 12.5. The molecule has 1 fully saturated rings. The Labute approximate surface area is 138 Å². The van der Waals surface area contributed by atoms with Gasteiger partial charge in [-0.25, -0.2) is 10.4 Å². The number of nitrogens with one attached hydrogen (secondary N) is 1. The lowest BCUT2D eigenvalue weighted by Crippen LogP contribution is -2.56. The minimum Gasteiger partial charge on any atom is -0.378 e. The number of carbonyl (C=O) groups is 2. The van der Waals surface area contributed by atoms with E-state index in [2.05, 4.69) is 15.5 Å². The molecule has 3 heterocycles. The highest BCUT2D eigenvalue weighted by Gasteiger charge is 2.37. The van der Waals surface area contributed by atoms with Crippen LogP contribution in [0.3, 0.4) is 0 Å². The second kappa shape index (κ2) is 6.04. The lowest BCUT2D eigenvalue weighted by molar-refractivity contribution is -0.139. The fourth-order valence-corrected chi connectivity index (χ4v) is 3.05. The summed E-state index contributed by atoms with van der Waals surface area (Å²) < 4.78 is 5.26. The van der Waals surface area contributed by atoms with Crippen molar-refractivity contribution in [2.24, 2.45) is 10.1 Å². The lowest BCUT2D eigenvalue weighted by atomic mass is 10.0. The summed E-state index contributed by atoms with van der Waals surface area (Å²) in [5.41, 5.74) is 4.16. The van der Waals surface area contributed by atoms with Crippen LogP contribution in [-0.2, 0) is 14.3 Å². The third kappa shape index (κ3) is 2.54. The number of nitrogens with zero attached hydrogens (tertiary/aromatic N) is 4. The fraction of sp³-hybridized carbons (Fsp3) is 0.375. The maximum absolute atomic E-state index is 12.5. The smallest absolute Gasteiger partial charge is 0.263 e. The van der Waals surface area contributed by atoms with Crippen molar-refractivity contribution in [3.8, 4) is 0 Å². The van der Waals surface area contributed by atoms with Crippen LogP contribution >= 0.6 is 0 Å². The number of hydrogen-bond acceptors (Lipinski definition) is 6. The molecule has 3 aliphatic heterocycles. The molecule has 0 bridgehead atoms. The number of fused-ring (bicyclic) bond motifs is 3. The highest BCUT2D eigenvalue weighted by atomic mass is 16.5. The number of amidine groups is 1. The zero-order chi connectivity index (χ0) is 16.5. The number of hydrogen-bond donors (Lipinski definition) is 1. The third-order valence-corrected chi connectivity index (χ3v) is 4.35. The first kappa shape index (κ1) is 14.8. The van der Waals surface area contributed by atoms with Crippen LogP contribution in [0.15, 0.2) is 34.4 Å². The molecular weight excluding hydrogens is 310 g/mol. The molecule has 3 aliphatic rings. The average molecular weight is 327 g/mol. The van der Waals surface area contributed by atoms with Gasteiger partial charge in [0.15, 0.2) is 5.84 Å². The van der Waals surface area contributed by atoms with E-state index in [-0.39, 0.29) is 18.2 Å². The standard InChI is InChI=1S/C16H17N5O3/c22-14(20-5-7-24-8-6-20)9-13-16(23)19-18-15-11-3-1-2-4-12(11)17-10-21(13)15/h1-4,10,13H,5-9H2,(H,19,23)/t13-/m1/s1. The average Bonchev–Trinajstić information content (AvgIpc) is 2.64. The van der Waals surface area contributed by atoms with Crippen molar-refractivity contribution < 1.29 is 14.3 Å². The van der Waals surface area contributed by atoms with Gasteiger partial charge in [-0.05, 0) is 12.1 Å². The van der Waals surface area contributed by atoms with Gasteiger partial charge >= 0.3 is 0 Å². The molecule has 2 amide bonds. The van der Waals surface area contributed by atoms with Gasteiger partial charge in [0, 0.05) is 18.7 Å². The summed E-state index contributed by atoms with van der Waals surface area (Å²) in [5, 5.41) is 4.15. The molecule has 1 saturated heterocycles. The van der Waals surface area contributed by atoms with Gasteiger partial charge in [-0.2, -0.15) is 5.10 Å². The summed E-state index contributed by atoms with van der Waals surface area (Å²) >= 11 is 0. The van der Waals surface area contributed by atoms with E-state index < -0.39 is 6.04 Å². The summed E-state index contributed by atoms with van der Waals surface area (Å²) in [4.78, 5) is 32.6. The summed E-state index contributed by atoms with van der Waals surface area (Å²) in [5.74, 6) is 0.248. The molecule has 1 atom stereocenters. The van der Waals surface area contributed by atoms with Crippen LogP contribution in [0.2, 0.25) is 0 Å². The number of morpholine rings is 1. The Morgan fingerprint density at radius 3 is 2.92 bits per heavy atom. The van der Waals surface area contributed by atoms with E-state index in [0.29, 0.717) is 32.1 Å². The lowest BCUT2D eigenvalue weighted by Gasteiger charge is -2.36. The van der Waals surface area contributed by atoms with E-state index >= 15 is 0 Å². The summed E-state index contributed by atoms with van der Waals surface area (Å²) in [6.07, 6.45) is 1.66.